The second-order valence-electron chi connectivity index (χ2n) is 8.40. The summed E-state index contributed by atoms with van der Waals surface area (Å²) < 4.78 is 0.531. The molecule has 4 aromatic rings. The molecule has 0 spiro atoms. The lowest BCUT2D eigenvalue weighted by atomic mass is 9.95. The van der Waals surface area contributed by atoms with E-state index in [1.54, 1.807) is 26.0 Å². The van der Waals surface area contributed by atoms with Crippen molar-refractivity contribution in [2.75, 3.05) is 4.90 Å². The number of rotatable bonds is 8. The van der Waals surface area contributed by atoms with Crippen molar-refractivity contribution in [3.05, 3.63) is 102 Å². The van der Waals surface area contributed by atoms with Crippen molar-refractivity contribution in [3.8, 4) is 0 Å². The summed E-state index contributed by atoms with van der Waals surface area (Å²) in [6, 6.07) is 11.8. The third-order valence-corrected chi connectivity index (χ3v) is 9.42. The Bertz CT molecular complexity index is 1670. The number of nitro benzene ring substituents is 1. The number of carbonyl (C=O) groups excluding carboxylic acids is 2. The Hall–Kier alpha value is -3.65. The van der Waals surface area contributed by atoms with Gasteiger partial charge in [0.25, 0.3) is 11.6 Å². The van der Waals surface area contributed by atoms with E-state index in [9.17, 15) is 24.8 Å². The molecule has 0 fully saturated rings. The molecule has 0 aliphatic carbocycles. The molecule has 2 aromatic heterocycles. The van der Waals surface area contributed by atoms with Gasteiger partial charge in [-0.25, -0.2) is 4.98 Å². The number of aryl methyl sites for hydroxylation is 2. The number of carbonyl (C=O) groups is 2. The summed E-state index contributed by atoms with van der Waals surface area (Å²) in [6.07, 6.45) is 0. The maximum atomic E-state index is 13.7. The predicted octanol–water partition coefficient (Wildman–Crippen LogP) is 6.25. The van der Waals surface area contributed by atoms with Crippen LogP contribution in [0, 0.1) is 24.0 Å². The second kappa shape index (κ2) is 10.8. The van der Waals surface area contributed by atoms with Crippen LogP contribution in [0.4, 0.5) is 10.8 Å². The number of thioether (sulfide) groups is 1. The zero-order valence-corrected chi connectivity index (χ0v) is 23.5. The predicted molar refractivity (Wildman–Crippen MR) is 150 cm³/mol. The molecule has 0 bridgehead atoms. The van der Waals surface area contributed by atoms with Crippen molar-refractivity contribution in [2.45, 2.75) is 30.0 Å². The van der Waals surface area contributed by atoms with Crippen molar-refractivity contribution in [2.24, 2.45) is 0 Å². The van der Waals surface area contributed by atoms with Crippen LogP contribution in [0.2, 0.25) is 5.02 Å². The molecule has 1 aliphatic rings. The number of aliphatic hydroxyl groups excluding tert-OH is 1. The number of halogens is 1. The number of benzene rings is 2. The number of amides is 1. The molecular formula is C25H18ClN5O5S3. The normalized spacial score (nSPS) is 15.3. The minimum atomic E-state index is -1.17. The summed E-state index contributed by atoms with van der Waals surface area (Å²) in [5, 5.41) is 32.2. The largest absolute Gasteiger partial charge is 0.503 e. The fourth-order valence-electron chi connectivity index (χ4n) is 4.14. The number of aromatic nitrogens is 3. The topological polar surface area (TPSA) is 139 Å². The number of thiazole rings is 1. The Balaban J connectivity index is 1.55. The number of aliphatic hydroxyl groups is 1. The van der Waals surface area contributed by atoms with Crippen LogP contribution in [0.5, 0.6) is 0 Å². The third-order valence-electron chi connectivity index (χ3n) is 5.87. The molecule has 2 aromatic carbocycles. The molecule has 1 amide bonds. The highest BCUT2D eigenvalue weighted by molar-refractivity contribution is 8.00. The lowest BCUT2D eigenvalue weighted by Crippen LogP contribution is -2.31. The quantitative estimate of drug-likeness (QED) is 0.0818. The van der Waals surface area contributed by atoms with E-state index in [1.165, 1.54) is 30.0 Å². The van der Waals surface area contributed by atoms with Crippen molar-refractivity contribution < 1.29 is 19.6 Å². The van der Waals surface area contributed by atoms with Gasteiger partial charge in [0.1, 0.15) is 0 Å². The van der Waals surface area contributed by atoms with Gasteiger partial charge in [0, 0.05) is 22.9 Å². The van der Waals surface area contributed by atoms with Gasteiger partial charge < -0.3 is 5.11 Å². The first-order chi connectivity index (χ1) is 18.7. The SMILES string of the molecule is Cc1nc(C)c(C(=O)C2=C(O)C(=O)N(c3nnc(SCc4ccccc4Cl)s3)C2c2cccc([N+](=O)[O-])c2)s1. The van der Waals surface area contributed by atoms with Gasteiger partial charge >= 0.3 is 0 Å². The molecule has 1 aliphatic heterocycles. The first-order valence-electron chi connectivity index (χ1n) is 11.3. The van der Waals surface area contributed by atoms with Crippen LogP contribution in [0.25, 0.3) is 0 Å². The third kappa shape index (κ3) is 5.17. The number of ketones is 1. The highest BCUT2D eigenvalue weighted by Gasteiger charge is 2.47. The number of nitro groups is 1. The molecule has 1 atom stereocenters. The Labute approximate surface area is 239 Å². The van der Waals surface area contributed by atoms with Gasteiger partial charge in [-0.3, -0.25) is 24.6 Å². The maximum Gasteiger partial charge on any atom is 0.296 e. The number of Topliss-reactive ketones (excluding diaryl/α,β-unsaturated/α-hetero) is 1. The van der Waals surface area contributed by atoms with Crippen LogP contribution < -0.4 is 4.90 Å². The van der Waals surface area contributed by atoms with Gasteiger partial charge in [-0.1, -0.05) is 65.0 Å². The molecule has 14 heteroatoms. The highest BCUT2D eigenvalue weighted by Crippen LogP contribution is 2.45. The first kappa shape index (κ1) is 26.9. The van der Waals surface area contributed by atoms with E-state index in [0.717, 1.165) is 33.1 Å². The Morgan fingerprint density at radius 2 is 1.95 bits per heavy atom. The zero-order chi connectivity index (χ0) is 27.8. The summed E-state index contributed by atoms with van der Waals surface area (Å²) in [5.41, 5.74) is 1.20. The maximum absolute atomic E-state index is 13.7. The van der Waals surface area contributed by atoms with Gasteiger partial charge in [0.05, 0.1) is 32.1 Å². The van der Waals surface area contributed by atoms with Crippen molar-refractivity contribution in [3.63, 3.8) is 0 Å². The molecule has 1 N–H and O–H groups in total. The number of hydrogen-bond acceptors (Lipinski definition) is 11. The number of anilines is 1. The molecule has 0 saturated heterocycles. The molecule has 10 nitrogen and oxygen atoms in total. The zero-order valence-electron chi connectivity index (χ0n) is 20.3. The molecule has 39 heavy (non-hydrogen) atoms. The Morgan fingerprint density at radius 1 is 1.18 bits per heavy atom. The minimum absolute atomic E-state index is 0.129. The fourth-order valence-corrected chi connectivity index (χ4v) is 7.16. The summed E-state index contributed by atoms with van der Waals surface area (Å²) in [5.74, 6) is -1.68. The van der Waals surface area contributed by atoms with Gasteiger partial charge in [-0.2, -0.15) is 0 Å². The van der Waals surface area contributed by atoms with Crippen LogP contribution >= 0.6 is 46.0 Å². The van der Waals surface area contributed by atoms with Crippen LogP contribution in [-0.4, -0.2) is 36.9 Å². The number of non-ortho nitro benzene ring substituents is 1. The van der Waals surface area contributed by atoms with E-state index < -0.39 is 28.4 Å². The van der Waals surface area contributed by atoms with Crippen molar-refractivity contribution in [1.82, 2.24) is 15.2 Å². The van der Waals surface area contributed by atoms with Gasteiger partial charge in [-0.05, 0) is 31.0 Å². The lowest BCUT2D eigenvalue weighted by molar-refractivity contribution is -0.384. The molecular weight excluding hydrogens is 582 g/mol. The molecule has 3 heterocycles. The molecule has 198 valence electrons. The van der Waals surface area contributed by atoms with Crippen molar-refractivity contribution >= 4 is 68.5 Å². The summed E-state index contributed by atoms with van der Waals surface area (Å²) in [4.78, 5) is 43.8. The van der Waals surface area contributed by atoms with Crippen molar-refractivity contribution in [1.29, 1.82) is 0 Å². The molecule has 0 radical (unpaired) electrons. The average Bonchev–Trinajstić information content (AvgIpc) is 3.59. The summed E-state index contributed by atoms with van der Waals surface area (Å²) in [6.45, 7) is 3.41. The van der Waals surface area contributed by atoms with Crippen LogP contribution in [0.3, 0.4) is 0 Å². The number of nitrogens with zero attached hydrogens (tertiary/aromatic N) is 5. The van der Waals surface area contributed by atoms with E-state index in [-0.39, 0.29) is 26.8 Å². The average molecular weight is 600 g/mol. The van der Waals surface area contributed by atoms with Gasteiger partial charge in [-0.15, -0.1) is 21.5 Å². The van der Waals surface area contributed by atoms with E-state index in [0.29, 0.717) is 25.8 Å². The van der Waals surface area contributed by atoms with Gasteiger partial charge in [0.15, 0.2) is 10.1 Å². The van der Waals surface area contributed by atoms with E-state index in [4.69, 9.17) is 11.6 Å². The lowest BCUT2D eigenvalue weighted by Gasteiger charge is -2.23. The van der Waals surface area contributed by atoms with Crippen LogP contribution in [0.1, 0.15) is 37.5 Å². The highest BCUT2D eigenvalue weighted by atomic mass is 35.5. The number of hydrogen-bond donors (Lipinski definition) is 1. The van der Waals surface area contributed by atoms with Crippen LogP contribution in [0.15, 0.2) is 64.2 Å². The van der Waals surface area contributed by atoms with Gasteiger partial charge in [0.2, 0.25) is 10.9 Å². The Morgan fingerprint density at radius 3 is 2.64 bits per heavy atom. The smallest absolute Gasteiger partial charge is 0.296 e. The first-order valence-corrected chi connectivity index (χ1v) is 14.3. The van der Waals surface area contributed by atoms with E-state index >= 15 is 0 Å². The standard InChI is InChI=1S/C25H18ClN5O5S3/c1-12-22(38-13(2)27-12)20(32)18-19(14-7-5-8-16(10-14)31(35)36)30(23(34)21(18)33)24-28-29-25(39-24)37-11-15-6-3-4-9-17(15)26/h3-10,19,33H,11H2,1-2H3. The van der Waals surface area contributed by atoms with E-state index in [1.807, 2.05) is 18.2 Å². The monoisotopic (exact) mass is 599 g/mol. The minimum Gasteiger partial charge on any atom is -0.503 e. The van der Waals surface area contributed by atoms with E-state index in [2.05, 4.69) is 15.2 Å². The molecule has 0 saturated carbocycles. The summed E-state index contributed by atoms with van der Waals surface area (Å²) >= 11 is 9.85. The molecule has 1 unspecified atom stereocenters. The van der Waals surface area contributed by atoms with Crippen LogP contribution in [-0.2, 0) is 10.5 Å². The summed E-state index contributed by atoms with van der Waals surface area (Å²) in [7, 11) is 0. The fraction of sp³-hybridized carbons (Fsp3) is 0.160. The molecule has 5 rings (SSSR count). The Kier molecular flexibility index (Phi) is 7.49. The second-order valence-corrected chi connectivity index (χ2v) is 12.2.